The smallest absolute Gasteiger partial charge is 0.0969 e. The highest BCUT2D eigenvalue weighted by molar-refractivity contribution is 9.10. The van der Waals surface area contributed by atoms with E-state index in [0.29, 0.717) is 18.4 Å². The largest absolute Gasteiger partial charge is 0.396 e. The first kappa shape index (κ1) is 10.7. The number of benzene rings is 1. The zero-order valence-electron chi connectivity index (χ0n) is 8.69. The molecular formula is C12H12BrNOS. The molecule has 1 aromatic carbocycles. The maximum absolute atomic E-state index is 9.00. The second-order valence-corrected chi connectivity index (χ2v) is 6.36. The first-order valence-corrected chi connectivity index (χ1v) is 7.04. The van der Waals surface area contributed by atoms with Crippen LogP contribution in [-0.4, -0.2) is 16.7 Å². The number of nitrogens with zero attached hydrogens (tertiary/aromatic N) is 1. The molecule has 0 aliphatic heterocycles. The van der Waals surface area contributed by atoms with Gasteiger partial charge in [0.25, 0.3) is 0 Å². The second kappa shape index (κ2) is 4.09. The van der Waals surface area contributed by atoms with Crippen molar-refractivity contribution in [2.45, 2.75) is 18.8 Å². The van der Waals surface area contributed by atoms with E-state index in [1.165, 1.54) is 9.71 Å². The van der Waals surface area contributed by atoms with Crippen molar-refractivity contribution in [3.05, 3.63) is 27.7 Å². The number of fused-ring (bicyclic) bond motifs is 1. The van der Waals surface area contributed by atoms with Crippen LogP contribution >= 0.6 is 27.3 Å². The van der Waals surface area contributed by atoms with E-state index in [1.807, 2.05) is 6.07 Å². The number of aliphatic hydroxyl groups excluding tert-OH is 1. The SMILES string of the molecule is OCC1CC(c2nc3ccc(Br)cc3s2)C1. The van der Waals surface area contributed by atoms with E-state index < -0.39 is 0 Å². The molecule has 0 amide bonds. The lowest BCUT2D eigenvalue weighted by atomic mass is 9.76. The minimum Gasteiger partial charge on any atom is -0.396 e. The Morgan fingerprint density at radius 1 is 1.44 bits per heavy atom. The highest BCUT2D eigenvalue weighted by Crippen LogP contribution is 2.43. The average Bonchev–Trinajstić information content (AvgIpc) is 2.58. The summed E-state index contributed by atoms with van der Waals surface area (Å²) in [7, 11) is 0. The van der Waals surface area contributed by atoms with Gasteiger partial charge >= 0.3 is 0 Å². The lowest BCUT2D eigenvalue weighted by molar-refractivity contribution is 0.142. The van der Waals surface area contributed by atoms with Crippen molar-refractivity contribution in [3.63, 3.8) is 0 Å². The third-order valence-electron chi connectivity index (χ3n) is 3.21. The minimum absolute atomic E-state index is 0.326. The van der Waals surface area contributed by atoms with Crippen molar-refractivity contribution in [2.75, 3.05) is 6.61 Å². The van der Waals surface area contributed by atoms with Gasteiger partial charge < -0.3 is 5.11 Å². The zero-order chi connectivity index (χ0) is 11.1. The van der Waals surface area contributed by atoms with E-state index in [2.05, 4.69) is 33.0 Å². The van der Waals surface area contributed by atoms with Crippen LogP contribution in [0.1, 0.15) is 23.8 Å². The molecule has 2 nitrogen and oxygen atoms in total. The van der Waals surface area contributed by atoms with Gasteiger partial charge in [-0.05, 0) is 37.0 Å². The van der Waals surface area contributed by atoms with Crippen LogP contribution in [-0.2, 0) is 0 Å². The van der Waals surface area contributed by atoms with Crippen molar-refractivity contribution in [3.8, 4) is 0 Å². The third kappa shape index (κ3) is 1.79. The molecule has 1 saturated carbocycles. The molecule has 1 aromatic heterocycles. The molecule has 16 heavy (non-hydrogen) atoms. The molecule has 0 spiro atoms. The van der Waals surface area contributed by atoms with Crippen LogP contribution < -0.4 is 0 Å². The van der Waals surface area contributed by atoms with Crippen LogP contribution in [0.15, 0.2) is 22.7 Å². The highest BCUT2D eigenvalue weighted by Gasteiger charge is 2.31. The van der Waals surface area contributed by atoms with Crippen molar-refractivity contribution in [2.24, 2.45) is 5.92 Å². The fraction of sp³-hybridized carbons (Fsp3) is 0.417. The second-order valence-electron chi connectivity index (χ2n) is 4.38. The molecule has 1 heterocycles. The molecule has 4 heteroatoms. The molecular weight excluding hydrogens is 286 g/mol. The molecule has 0 bridgehead atoms. The zero-order valence-corrected chi connectivity index (χ0v) is 11.1. The van der Waals surface area contributed by atoms with Crippen LogP contribution in [0.4, 0.5) is 0 Å². The molecule has 1 aliphatic rings. The van der Waals surface area contributed by atoms with E-state index in [0.717, 1.165) is 22.8 Å². The number of halogens is 1. The average molecular weight is 298 g/mol. The standard InChI is InChI=1S/C12H12BrNOS/c13-9-1-2-10-11(5-9)16-12(14-10)8-3-7(4-8)6-15/h1-2,5,7-8,15H,3-4,6H2. The number of thiazole rings is 1. The summed E-state index contributed by atoms with van der Waals surface area (Å²) < 4.78 is 2.36. The lowest BCUT2D eigenvalue weighted by Crippen LogP contribution is -2.24. The Bertz CT molecular complexity index is 519. The predicted molar refractivity (Wildman–Crippen MR) is 69.9 cm³/mol. The molecule has 3 rings (SSSR count). The number of hydrogen-bond acceptors (Lipinski definition) is 3. The summed E-state index contributed by atoms with van der Waals surface area (Å²) in [6.45, 7) is 0.326. The Balaban J connectivity index is 1.89. The van der Waals surface area contributed by atoms with Gasteiger partial charge in [-0.15, -0.1) is 11.3 Å². The quantitative estimate of drug-likeness (QED) is 0.920. The summed E-state index contributed by atoms with van der Waals surface area (Å²) in [4.78, 5) is 4.66. The molecule has 84 valence electrons. The molecule has 0 unspecified atom stereocenters. The van der Waals surface area contributed by atoms with Gasteiger partial charge in [0.1, 0.15) is 0 Å². The minimum atomic E-state index is 0.326. The number of rotatable bonds is 2. The fourth-order valence-electron chi connectivity index (χ4n) is 2.18. The van der Waals surface area contributed by atoms with Gasteiger partial charge in [-0.25, -0.2) is 4.98 Å². The maximum Gasteiger partial charge on any atom is 0.0969 e. The summed E-state index contributed by atoms with van der Waals surface area (Å²) in [6.07, 6.45) is 2.19. The topological polar surface area (TPSA) is 33.1 Å². The first-order chi connectivity index (χ1) is 7.76. The molecule has 0 atom stereocenters. The van der Waals surface area contributed by atoms with Crippen LogP contribution in [0, 0.1) is 5.92 Å². The Morgan fingerprint density at radius 2 is 2.25 bits per heavy atom. The van der Waals surface area contributed by atoms with Crippen LogP contribution in [0.5, 0.6) is 0 Å². The molecule has 1 N–H and O–H groups in total. The van der Waals surface area contributed by atoms with Crippen LogP contribution in [0.2, 0.25) is 0 Å². The summed E-state index contributed by atoms with van der Waals surface area (Å²) in [5.74, 6) is 1.08. The monoisotopic (exact) mass is 297 g/mol. The number of hydrogen-bond donors (Lipinski definition) is 1. The van der Waals surface area contributed by atoms with Crippen molar-refractivity contribution in [1.29, 1.82) is 0 Å². The number of aliphatic hydroxyl groups is 1. The lowest BCUT2D eigenvalue weighted by Gasteiger charge is -2.32. The van der Waals surface area contributed by atoms with Crippen LogP contribution in [0.3, 0.4) is 0 Å². The van der Waals surface area contributed by atoms with Gasteiger partial charge in [-0.2, -0.15) is 0 Å². The summed E-state index contributed by atoms with van der Waals surface area (Å²) in [6, 6.07) is 6.21. The molecule has 0 radical (unpaired) electrons. The van der Waals surface area contributed by atoms with Gasteiger partial charge in [0.05, 0.1) is 15.2 Å². The number of aromatic nitrogens is 1. The Kier molecular flexibility index (Phi) is 2.73. The Morgan fingerprint density at radius 3 is 3.00 bits per heavy atom. The van der Waals surface area contributed by atoms with Gasteiger partial charge in [0.2, 0.25) is 0 Å². The molecule has 0 saturated heterocycles. The van der Waals surface area contributed by atoms with Crippen molar-refractivity contribution < 1.29 is 5.11 Å². The maximum atomic E-state index is 9.00. The van der Waals surface area contributed by atoms with E-state index in [4.69, 9.17) is 5.11 Å². The van der Waals surface area contributed by atoms with Gasteiger partial charge in [0, 0.05) is 17.0 Å². The first-order valence-electron chi connectivity index (χ1n) is 5.43. The normalized spacial score (nSPS) is 24.6. The van der Waals surface area contributed by atoms with E-state index in [-0.39, 0.29) is 0 Å². The molecule has 2 aromatic rings. The van der Waals surface area contributed by atoms with Crippen molar-refractivity contribution >= 4 is 37.5 Å². The van der Waals surface area contributed by atoms with Crippen LogP contribution in [0.25, 0.3) is 10.2 Å². The van der Waals surface area contributed by atoms with Gasteiger partial charge in [0.15, 0.2) is 0 Å². The fourth-order valence-corrected chi connectivity index (χ4v) is 3.82. The van der Waals surface area contributed by atoms with Gasteiger partial charge in [-0.3, -0.25) is 0 Å². The highest BCUT2D eigenvalue weighted by atomic mass is 79.9. The van der Waals surface area contributed by atoms with Crippen molar-refractivity contribution in [1.82, 2.24) is 4.98 Å². The Labute approximate surface area is 106 Å². The third-order valence-corrected chi connectivity index (χ3v) is 4.88. The van der Waals surface area contributed by atoms with Gasteiger partial charge in [-0.1, -0.05) is 15.9 Å². The molecule has 1 aliphatic carbocycles. The Hall–Kier alpha value is -0.450. The summed E-state index contributed by atoms with van der Waals surface area (Å²) >= 11 is 5.26. The predicted octanol–water partition coefficient (Wildman–Crippen LogP) is 3.54. The van der Waals surface area contributed by atoms with E-state index in [9.17, 15) is 0 Å². The molecule has 1 fully saturated rings. The van der Waals surface area contributed by atoms with E-state index in [1.54, 1.807) is 11.3 Å². The van der Waals surface area contributed by atoms with E-state index >= 15 is 0 Å². The summed E-state index contributed by atoms with van der Waals surface area (Å²) in [5, 5.41) is 10.2. The summed E-state index contributed by atoms with van der Waals surface area (Å²) in [5.41, 5.74) is 1.09.